The van der Waals surface area contributed by atoms with E-state index in [9.17, 15) is 9.90 Å². The largest absolute Gasteiger partial charge is 0.389 e. The zero-order valence-electron chi connectivity index (χ0n) is 11.7. The highest BCUT2D eigenvalue weighted by molar-refractivity contribution is 7.14. The van der Waals surface area contributed by atoms with E-state index in [0.29, 0.717) is 12.8 Å². The second kappa shape index (κ2) is 5.95. The second-order valence-corrected chi connectivity index (χ2v) is 6.41. The summed E-state index contributed by atoms with van der Waals surface area (Å²) < 4.78 is 0. The van der Waals surface area contributed by atoms with Gasteiger partial charge in [0.2, 0.25) is 5.91 Å². The summed E-state index contributed by atoms with van der Waals surface area (Å²) in [5, 5.41) is 13.9. The molecule has 1 amide bonds. The molecule has 1 aromatic carbocycles. The number of rotatable bonds is 4. The van der Waals surface area contributed by atoms with E-state index in [4.69, 9.17) is 0 Å². The van der Waals surface area contributed by atoms with Crippen molar-refractivity contribution in [3.8, 4) is 11.3 Å². The molecule has 4 nitrogen and oxygen atoms in total. The van der Waals surface area contributed by atoms with Gasteiger partial charge in [0.1, 0.15) is 10.7 Å². The quantitative estimate of drug-likeness (QED) is 0.909. The van der Waals surface area contributed by atoms with Crippen LogP contribution in [0.4, 0.5) is 5.00 Å². The van der Waals surface area contributed by atoms with Gasteiger partial charge in [-0.25, -0.2) is 4.98 Å². The standard InChI is InChI=1S/C16H18N2O2S/c19-13(10-16(20)8-4-5-9-16)18-15-14(17-11-21-15)12-6-2-1-3-7-12/h1-3,6-7,11,20H,4-5,8-10H2,(H,18,19). The molecule has 0 atom stereocenters. The molecule has 0 bridgehead atoms. The van der Waals surface area contributed by atoms with Crippen molar-refractivity contribution >= 4 is 22.2 Å². The van der Waals surface area contributed by atoms with Gasteiger partial charge in [-0.15, -0.1) is 11.3 Å². The van der Waals surface area contributed by atoms with E-state index in [-0.39, 0.29) is 12.3 Å². The SMILES string of the molecule is O=C(CC1(O)CCCC1)Nc1scnc1-c1ccccc1. The lowest BCUT2D eigenvalue weighted by Gasteiger charge is -2.20. The highest BCUT2D eigenvalue weighted by atomic mass is 32.1. The first-order chi connectivity index (χ1) is 10.2. The molecule has 1 aliphatic rings. The first kappa shape index (κ1) is 14.2. The Morgan fingerprint density at radius 1 is 1.29 bits per heavy atom. The number of carbonyl (C=O) groups excluding carboxylic acids is 1. The molecular weight excluding hydrogens is 284 g/mol. The number of nitrogens with one attached hydrogen (secondary N) is 1. The Bertz CT molecular complexity index is 618. The van der Waals surface area contributed by atoms with Crippen LogP contribution in [-0.2, 0) is 4.79 Å². The van der Waals surface area contributed by atoms with Crippen LogP contribution in [0.25, 0.3) is 11.3 Å². The number of hydrogen-bond acceptors (Lipinski definition) is 4. The third-order valence-electron chi connectivity index (χ3n) is 3.89. The number of amides is 1. The number of benzene rings is 1. The number of aliphatic hydroxyl groups is 1. The molecule has 0 aliphatic heterocycles. The van der Waals surface area contributed by atoms with Gasteiger partial charge >= 0.3 is 0 Å². The topological polar surface area (TPSA) is 62.2 Å². The van der Waals surface area contributed by atoms with Gasteiger partial charge < -0.3 is 10.4 Å². The minimum absolute atomic E-state index is 0.138. The molecule has 0 spiro atoms. The fraction of sp³-hybridized carbons (Fsp3) is 0.375. The lowest BCUT2D eigenvalue weighted by Crippen LogP contribution is -2.30. The van der Waals surface area contributed by atoms with Crippen LogP contribution < -0.4 is 5.32 Å². The Morgan fingerprint density at radius 2 is 2.00 bits per heavy atom. The van der Waals surface area contributed by atoms with Gasteiger partial charge in [-0.2, -0.15) is 0 Å². The average molecular weight is 302 g/mol. The predicted molar refractivity (Wildman–Crippen MR) is 84.2 cm³/mol. The molecule has 1 fully saturated rings. The molecule has 0 saturated heterocycles. The maximum Gasteiger partial charge on any atom is 0.227 e. The molecule has 0 radical (unpaired) electrons. The fourth-order valence-corrected chi connectivity index (χ4v) is 3.53. The van der Waals surface area contributed by atoms with E-state index in [1.54, 1.807) is 5.51 Å². The first-order valence-electron chi connectivity index (χ1n) is 7.17. The number of thiazole rings is 1. The minimum atomic E-state index is -0.818. The van der Waals surface area contributed by atoms with Crippen molar-refractivity contribution in [2.45, 2.75) is 37.7 Å². The number of nitrogens with zero attached hydrogens (tertiary/aromatic N) is 1. The third-order valence-corrected chi connectivity index (χ3v) is 4.63. The van der Waals surface area contributed by atoms with E-state index in [0.717, 1.165) is 29.1 Å². The molecule has 0 unspecified atom stereocenters. The first-order valence-corrected chi connectivity index (χ1v) is 8.05. The molecule has 3 rings (SSSR count). The molecule has 5 heteroatoms. The summed E-state index contributed by atoms with van der Waals surface area (Å²) in [5.74, 6) is -0.138. The van der Waals surface area contributed by atoms with Crippen LogP contribution in [-0.4, -0.2) is 21.6 Å². The van der Waals surface area contributed by atoms with E-state index in [1.165, 1.54) is 11.3 Å². The zero-order valence-corrected chi connectivity index (χ0v) is 12.5. The van der Waals surface area contributed by atoms with Crippen LogP contribution in [0.5, 0.6) is 0 Å². The number of anilines is 1. The van der Waals surface area contributed by atoms with Crippen LogP contribution in [0.2, 0.25) is 0 Å². The predicted octanol–water partition coefficient (Wildman–Crippen LogP) is 3.44. The van der Waals surface area contributed by atoms with E-state index >= 15 is 0 Å². The van der Waals surface area contributed by atoms with Gasteiger partial charge in [0.15, 0.2) is 0 Å². The third kappa shape index (κ3) is 3.31. The Morgan fingerprint density at radius 3 is 2.71 bits per heavy atom. The molecule has 21 heavy (non-hydrogen) atoms. The van der Waals surface area contributed by atoms with Gasteiger partial charge in [0, 0.05) is 5.56 Å². The smallest absolute Gasteiger partial charge is 0.227 e. The van der Waals surface area contributed by atoms with Crippen molar-refractivity contribution in [2.75, 3.05) is 5.32 Å². The maximum atomic E-state index is 12.2. The lowest BCUT2D eigenvalue weighted by molar-refractivity contribution is -0.120. The van der Waals surface area contributed by atoms with E-state index < -0.39 is 5.60 Å². The van der Waals surface area contributed by atoms with Crippen molar-refractivity contribution in [3.05, 3.63) is 35.8 Å². The average Bonchev–Trinajstić information content (AvgIpc) is 3.09. The fourth-order valence-electron chi connectivity index (χ4n) is 2.82. The summed E-state index contributed by atoms with van der Waals surface area (Å²) >= 11 is 1.40. The minimum Gasteiger partial charge on any atom is -0.389 e. The summed E-state index contributed by atoms with van der Waals surface area (Å²) in [6, 6.07) is 9.78. The van der Waals surface area contributed by atoms with Crippen molar-refractivity contribution in [1.29, 1.82) is 0 Å². The summed E-state index contributed by atoms with van der Waals surface area (Å²) in [4.78, 5) is 16.5. The van der Waals surface area contributed by atoms with Crippen molar-refractivity contribution in [3.63, 3.8) is 0 Å². The summed E-state index contributed by atoms with van der Waals surface area (Å²) in [6.45, 7) is 0. The molecule has 2 aromatic rings. The van der Waals surface area contributed by atoms with Gasteiger partial charge in [-0.1, -0.05) is 43.2 Å². The van der Waals surface area contributed by atoms with E-state index in [2.05, 4.69) is 10.3 Å². The van der Waals surface area contributed by atoms with Crippen molar-refractivity contribution in [2.24, 2.45) is 0 Å². The van der Waals surface area contributed by atoms with Crippen LogP contribution in [0, 0.1) is 0 Å². The van der Waals surface area contributed by atoms with Crippen LogP contribution >= 0.6 is 11.3 Å². The number of carbonyl (C=O) groups is 1. The Hall–Kier alpha value is -1.72. The van der Waals surface area contributed by atoms with Gasteiger partial charge in [0.05, 0.1) is 17.5 Å². The molecule has 1 aromatic heterocycles. The zero-order chi connectivity index (χ0) is 14.7. The summed E-state index contributed by atoms with van der Waals surface area (Å²) in [7, 11) is 0. The summed E-state index contributed by atoms with van der Waals surface area (Å²) in [6.07, 6.45) is 3.60. The molecule has 1 saturated carbocycles. The highest BCUT2D eigenvalue weighted by Gasteiger charge is 2.33. The number of hydrogen-bond donors (Lipinski definition) is 2. The Balaban J connectivity index is 1.71. The Labute approximate surface area is 127 Å². The maximum absolute atomic E-state index is 12.2. The van der Waals surface area contributed by atoms with Crippen molar-refractivity contribution < 1.29 is 9.90 Å². The molecule has 1 heterocycles. The van der Waals surface area contributed by atoms with Crippen LogP contribution in [0.1, 0.15) is 32.1 Å². The van der Waals surface area contributed by atoms with E-state index in [1.807, 2.05) is 30.3 Å². The van der Waals surface area contributed by atoms with Crippen LogP contribution in [0.15, 0.2) is 35.8 Å². The normalized spacial score (nSPS) is 16.8. The second-order valence-electron chi connectivity index (χ2n) is 5.55. The number of aromatic nitrogens is 1. The van der Waals surface area contributed by atoms with Gasteiger partial charge in [0.25, 0.3) is 0 Å². The molecular formula is C16H18N2O2S. The van der Waals surface area contributed by atoms with Crippen molar-refractivity contribution in [1.82, 2.24) is 4.98 Å². The highest BCUT2D eigenvalue weighted by Crippen LogP contribution is 2.34. The van der Waals surface area contributed by atoms with Crippen LogP contribution in [0.3, 0.4) is 0 Å². The molecule has 2 N–H and O–H groups in total. The summed E-state index contributed by atoms with van der Waals surface area (Å²) in [5.41, 5.74) is 2.67. The molecule has 1 aliphatic carbocycles. The Kier molecular flexibility index (Phi) is 4.03. The van der Waals surface area contributed by atoms with Gasteiger partial charge in [-0.05, 0) is 12.8 Å². The lowest BCUT2D eigenvalue weighted by atomic mass is 9.98. The monoisotopic (exact) mass is 302 g/mol. The van der Waals surface area contributed by atoms with Gasteiger partial charge in [-0.3, -0.25) is 4.79 Å². The molecule has 110 valence electrons.